The average Bonchev–Trinajstić information content (AvgIpc) is 0.784. The monoisotopic (exact) mass is 1840 g/mol. The van der Waals surface area contributed by atoms with Crippen molar-refractivity contribution >= 4 is 52.5 Å². The molecule has 1 aliphatic rings. The van der Waals surface area contributed by atoms with E-state index in [0.29, 0.717) is 68.2 Å². The van der Waals surface area contributed by atoms with Gasteiger partial charge in [-0.2, -0.15) is 0 Å². The predicted octanol–water partition coefficient (Wildman–Crippen LogP) is 25.7. The molecule has 4 unspecified atom stereocenters. The zero-order valence-electron chi connectivity index (χ0n) is 84.0. The second-order valence-corrected chi connectivity index (χ2v) is 37.4. The molecule has 720 valence electrons. The van der Waals surface area contributed by atoms with Crippen LogP contribution in [0.1, 0.15) is 247 Å². The molecule has 1 saturated heterocycles. The summed E-state index contributed by atoms with van der Waals surface area (Å²) in [7, 11) is 9.67. The fourth-order valence-electron chi connectivity index (χ4n) is 15.8. The molecule has 1 heterocycles. The molecule has 0 aromatic heterocycles. The molecule has 12 rings (SSSR count). The van der Waals surface area contributed by atoms with Crippen LogP contribution < -0.4 is 23.8 Å². The Labute approximate surface area is 810 Å². The van der Waals surface area contributed by atoms with Crippen LogP contribution in [0.3, 0.4) is 0 Å². The summed E-state index contributed by atoms with van der Waals surface area (Å²) < 4.78 is 31.9. The second kappa shape index (κ2) is 53.0. The van der Waals surface area contributed by atoms with Crippen molar-refractivity contribution in [3.8, 4) is 34.1 Å². The highest BCUT2D eigenvalue weighted by Crippen LogP contribution is 2.40. The number of benzene rings is 11. The largest absolute Gasteiger partial charge is 0.497 e. The average molecular weight is 1840 g/mol. The van der Waals surface area contributed by atoms with E-state index in [1.807, 2.05) is 198 Å². The molecule has 0 bridgehead atoms. The number of Topliss-reactive ketones (excluding diaryl/α,β-unsaturated/α-hetero) is 2. The lowest BCUT2D eigenvalue weighted by Crippen LogP contribution is -2.52. The van der Waals surface area contributed by atoms with E-state index in [9.17, 15) is 38.4 Å². The molecule has 1 fully saturated rings. The van der Waals surface area contributed by atoms with Crippen LogP contribution in [0.25, 0.3) is 11.1 Å². The fraction of sp³-hybridized carbons (Fsp3) is 0.378. The number of rotatable bonds is 40. The minimum atomic E-state index is -0.535. The molecule has 17 nitrogen and oxygen atoms in total. The predicted molar refractivity (Wildman–Crippen MR) is 550 cm³/mol. The highest BCUT2D eigenvalue weighted by molar-refractivity contribution is 6.11. The van der Waals surface area contributed by atoms with Crippen molar-refractivity contribution in [2.24, 2.45) is 28.6 Å². The maximum absolute atomic E-state index is 13.8. The molecule has 11 aromatic rings. The van der Waals surface area contributed by atoms with Gasteiger partial charge in [-0.15, -0.1) is 0 Å². The summed E-state index contributed by atoms with van der Waals surface area (Å²) in [6.07, 6.45) is 10.0. The third-order valence-electron chi connectivity index (χ3n) is 27.1. The van der Waals surface area contributed by atoms with E-state index >= 15 is 0 Å². The Morgan fingerprint density at radius 1 is 0.360 bits per heavy atom. The van der Waals surface area contributed by atoms with Gasteiger partial charge >= 0.3 is 17.9 Å². The van der Waals surface area contributed by atoms with E-state index in [1.54, 1.807) is 116 Å². The minimum Gasteiger partial charge on any atom is -0.497 e. The van der Waals surface area contributed by atoms with Crippen molar-refractivity contribution < 1.29 is 66.8 Å². The topological polar surface area (TPSA) is 202 Å². The van der Waals surface area contributed by atoms with Gasteiger partial charge in [0.1, 0.15) is 49.4 Å². The summed E-state index contributed by atoms with van der Waals surface area (Å²) in [6.45, 7) is 34.4. The quantitative estimate of drug-likeness (QED) is 0.0152. The molecule has 1 aliphatic heterocycles. The Morgan fingerprint density at radius 2 is 0.691 bits per heavy atom. The number of anilines is 1. The van der Waals surface area contributed by atoms with Crippen LogP contribution in [0.5, 0.6) is 23.0 Å². The van der Waals surface area contributed by atoms with Crippen LogP contribution in [0.4, 0.5) is 5.69 Å². The van der Waals surface area contributed by atoms with E-state index in [0.717, 1.165) is 86.2 Å². The van der Waals surface area contributed by atoms with Gasteiger partial charge < -0.3 is 33.3 Å². The van der Waals surface area contributed by atoms with Gasteiger partial charge in [-0.1, -0.05) is 266 Å². The summed E-state index contributed by atoms with van der Waals surface area (Å²) in [5, 5.41) is 0. The molecule has 11 aromatic carbocycles. The fourth-order valence-corrected chi connectivity index (χ4v) is 15.8. The van der Waals surface area contributed by atoms with Crippen molar-refractivity contribution in [1.29, 1.82) is 0 Å². The van der Waals surface area contributed by atoms with Crippen molar-refractivity contribution in [1.82, 2.24) is 9.80 Å². The lowest BCUT2D eigenvalue weighted by Gasteiger charge is -2.41. The van der Waals surface area contributed by atoms with Gasteiger partial charge in [-0.05, 0) is 272 Å². The third-order valence-corrected chi connectivity index (χ3v) is 27.1. The minimum absolute atomic E-state index is 0.0383. The van der Waals surface area contributed by atoms with E-state index in [-0.39, 0.29) is 90.5 Å². The molecule has 0 spiro atoms. The van der Waals surface area contributed by atoms with Crippen molar-refractivity contribution in [3.63, 3.8) is 0 Å². The van der Waals surface area contributed by atoms with Crippen LogP contribution in [-0.2, 0) is 42.1 Å². The molecule has 0 N–H and O–H groups in total. The van der Waals surface area contributed by atoms with Crippen LogP contribution in [-0.4, -0.2) is 143 Å². The highest BCUT2D eigenvalue weighted by Gasteiger charge is 2.42. The molecule has 0 amide bonds. The molecular formula is C119H145N3O14. The summed E-state index contributed by atoms with van der Waals surface area (Å²) in [5.74, 6) is 2.59. The molecular weight excluding hydrogens is 1700 g/mol. The van der Waals surface area contributed by atoms with Gasteiger partial charge in [0.15, 0.2) is 28.9 Å². The summed E-state index contributed by atoms with van der Waals surface area (Å²) in [5.41, 5.74) is 11.3. The summed E-state index contributed by atoms with van der Waals surface area (Å²) in [4.78, 5) is 107. The Hall–Kier alpha value is -12.7. The molecule has 0 aliphatic carbocycles. The number of carbonyl (C=O) groups excluding carboxylic acids is 8. The Balaban J connectivity index is 0.000000210. The maximum atomic E-state index is 13.8. The highest BCUT2D eigenvalue weighted by atomic mass is 16.6. The van der Waals surface area contributed by atoms with Crippen molar-refractivity contribution in [3.05, 3.63) is 352 Å². The van der Waals surface area contributed by atoms with Gasteiger partial charge in [0.25, 0.3) is 0 Å². The number of carbonyl (C=O) groups is 8. The Bertz CT molecular complexity index is 5520. The number of methoxy groups -OCH3 is 1. The zero-order valence-corrected chi connectivity index (χ0v) is 84.0. The van der Waals surface area contributed by atoms with Gasteiger partial charge in [0, 0.05) is 63.3 Å². The summed E-state index contributed by atoms with van der Waals surface area (Å²) >= 11 is 0. The van der Waals surface area contributed by atoms with Gasteiger partial charge in [0.2, 0.25) is 0 Å². The number of likely N-dealkylation sites (N-methyl/N-ethyl adjacent to an activating group) is 2. The first-order valence-electron chi connectivity index (χ1n) is 48.1. The van der Waals surface area contributed by atoms with Crippen molar-refractivity contribution in [2.45, 2.75) is 191 Å². The third kappa shape index (κ3) is 30.9. The van der Waals surface area contributed by atoms with Crippen LogP contribution in [0.15, 0.2) is 291 Å². The number of ketones is 5. The molecule has 136 heavy (non-hydrogen) atoms. The van der Waals surface area contributed by atoms with E-state index in [1.165, 1.54) is 41.6 Å². The first kappa shape index (κ1) is 109. The second-order valence-electron chi connectivity index (χ2n) is 37.4. The number of hydrogen-bond donors (Lipinski definition) is 0. The molecule has 4 atom stereocenters. The smallest absolute Gasteiger partial charge is 0.316 e. The first-order valence-corrected chi connectivity index (χ1v) is 48.1. The van der Waals surface area contributed by atoms with Gasteiger partial charge in [-0.3, -0.25) is 48.2 Å². The number of piperidine rings is 1. The normalized spacial score (nSPS) is 13.4. The first-order chi connectivity index (χ1) is 65.1. The molecule has 17 heteroatoms. The Morgan fingerprint density at radius 3 is 1.04 bits per heavy atom. The summed E-state index contributed by atoms with van der Waals surface area (Å²) in [6, 6.07) is 91.6. The molecule has 0 saturated carbocycles. The van der Waals surface area contributed by atoms with E-state index < -0.39 is 16.5 Å². The number of esters is 3. The standard InChI is InChI=1S/C29H42N2O.C26H26O4.C24H33NO.C21H24O5.C19H20O3/c1-7-28(3,4)25-18-20-31(21-19-25)26-16-14-24(15-17-26)27(32)29(8-2,30(5)6)22-23-12-10-9-11-13-23;1-3-19(2)26(28)30-18-17-29-24-15-13-23(14-16-24)25(27)22-11-9-21(10-12-22)20-7-5-4-6-8-20;1-7-23(3,4)21-16-14-20(15-17-21)22(26)24(8-2,25(5)6)18-19-12-10-9-11-13-19;1-4-15(2)21(23)26-14-13-25-19-11-7-17(8-12-19)20(22)16-5-9-18(24-3)10-6-16;1-4-19(2,3)18(21)22-16-12-10-15(11-13-16)17(20)14-8-6-5-7-9-14/h9-17,25H,7-8,18-22H2,1-6H3;4-16,19H,3,17-18H2,1-2H3;9-17H,7-8,18H2,1-6H3;5-12,15H,4,13-14H2,1-3H3;5-13H,4H2,1-3H3. The lowest BCUT2D eigenvalue weighted by atomic mass is 9.72. The van der Waals surface area contributed by atoms with Crippen LogP contribution in [0.2, 0.25) is 0 Å². The van der Waals surface area contributed by atoms with Crippen LogP contribution >= 0.6 is 0 Å². The van der Waals surface area contributed by atoms with E-state index in [4.69, 9.17) is 28.4 Å². The van der Waals surface area contributed by atoms with E-state index in [2.05, 4.69) is 131 Å². The van der Waals surface area contributed by atoms with Gasteiger partial charge in [-0.25, -0.2) is 0 Å². The maximum Gasteiger partial charge on any atom is 0.316 e. The SMILES string of the molecule is CCC(C)(C)C(=O)Oc1ccc(C(=O)c2ccccc2)cc1.CCC(C)(C)C1CCN(c2ccc(C(=O)C(CC)(Cc3ccccc3)N(C)C)cc2)CC1.CCC(C)(C)c1ccc(C(=O)C(CC)(Cc2ccccc2)N(C)C)cc1.CCC(C)C(=O)OCCOc1ccc(C(=O)c2ccc(-c3ccccc3)cc2)cc1.CCC(C)C(=O)OCCOc1ccc(C(=O)c2ccc(OC)cc2)cc1. The number of hydrogen-bond acceptors (Lipinski definition) is 17. The lowest BCUT2D eigenvalue weighted by molar-refractivity contribution is -0.149. The zero-order chi connectivity index (χ0) is 99.2. The Kier molecular flexibility index (Phi) is 42.3. The van der Waals surface area contributed by atoms with Crippen molar-refractivity contribution in [2.75, 3.05) is 79.7 Å². The van der Waals surface area contributed by atoms with Gasteiger partial charge in [0.05, 0.1) is 35.4 Å². The molecule has 0 radical (unpaired) electrons. The van der Waals surface area contributed by atoms with Crippen LogP contribution in [0, 0.1) is 28.6 Å². The number of nitrogens with zero attached hydrogens (tertiary/aromatic N) is 3. The number of ether oxygens (including phenoxy) is 6.